The molecule has 1 heterocycles. The number of nitrogens with zero attached hydrogens (tertiary/aromatic N) is 1. The monoisotopic (exact) mass is 270 g/mol. The van der Waals surface area contributed by atoms with Gasteiger partial charge in [0, 0.05) is 0 Å². The van der Waals surface area contributed by atoms with Crippen molar-refractivity contribution in [3.8, 4) is 0 Å². The van der Waals surface area contributed by atoms with Crippen molar-refractivity contribution in [2.45, 2.75) is 32.4 Å². The number of rotatable bonds is 3. The Bertz CT molecular complexity index is 443. The highest BCUT2D eigenvalue weighted by molar-refractivity contribution is 6.29. The van der Waals surface area contributed by atoms with Gasteiger partial charge in [0.15, 0.2) is 0 Å². The van der Waals surface area contributed by atoms with Gasteiger partial charge in [-0.2, -0.15) is 0 Å². The molecular weight excluding hydrogens is 256 g/mol. The van der Waals surface area contributed by atoms with Crippen LogP contribution in [0.3, 0.4) is 0 Å². The first-order valence-corrected chi connectivity index (χ1v) is 5.77. The van der Waals surface area contributed by atoms with Crippen LogP contribution < -0.4 is 5.32 Å². The molecule has 1 aromatic rings. The molecule has 0 saturated heterocycles. The fourth-order valence-electron chi connectivity index (χ4n) is 1.21. The molecule has 98 valence electrons. The number of pyridine rings is 1. The molecule has 1 unspecified atom stereocenters. The number of hydrogen-bond donors (Lipinski definition) is 1. The number of aldehydes is 1. The summed E-state index contributed by atoms with van der Waals surface area (Å²) in [4.78, 5) is 26.5. The molecule has 1 amide bonds. The summed E-state index contributed by atoms with van der Waals surface area (Å²) in [7, 11) is 0. The van der Waals surface area contributed by atoms with Gasteiger partial charge in [0.2, 0.25) is 0 Å². The zero-order valence-corrected chi connectivity index (χ0v) is 11.2. The molecule has 0 aliphatic heterocycles. The summed E-state index contributed by atoms with van der Waals surface area (Å²) in [5.41, 5.74) is -0.261. The summed E-state index contributed by atoms with van der Waals surface area (Å²) in [6.07, 6.45) is -0.107. The van der Waals surface area contributed by atoms with Crippen molar-refractivity contribution < 1.29 is 14.3 Å². The Labute approximate surface area is 110 Å². The van der Waals surface area contributed by atoms with Gasteiger partial charge in [-0.05, 0) is 32.9 Å². The average Bonchev–Trinajstić information content (AvgIpc) is 2.23. The van der Waals surface area contributed by atoms with Crippen LogP contribution in [0.2, 0.25) is 5.15 Å². The molecule has 1 N–H and O–H groups in total. The van der Waals surface area contributed by atoms with E-state index in [9.17, 15) is 9.59 Å². The molecule has 1 aromatic heterocycles. The normalized spacial score (nSPS) is 12.7. The van der Waals surface area contributed by atoms with Gasteiger partial charge in [-0.1, -0.05) is 17.7 Å². The number of carbonyl (C=O) groups excluding carboxylic acids is 2. The van der Waals surface area contributed by atoms with Gasteiger partial charge in [0.05, 0.1) is 5.69 Å². The van der Waals surface area contributed by atoms with E-state index in [4.69, 9.17) is 16.3 Å². The largest absolute Gasteiger partial charge is 0.444 e. The molecule has 18 heavy (non-hydrogen) atoms. The van der Waals surface area contributed by atoms with Crippen molar-refractivity contribution in [1.29, 1.82) is 0 Å². The Kier molecular flexibility index (Phi) is 4.67. The molecule has 0 aromatic carbocycles. The predicted octanol–water partition coefficient (Wildman–Crippen LogP) is 2.50. The number of amides is 1. The third-order valence-electron chi connectivity index (χ3n) is 1.86. The van der Waals surface area contributed by atoms with E-state index in [-0.39, 0.29) is 5.15 Å². The molecule has 0 aliphatic carbocycles. The van der Waals surface area contributed by atoms with E-state index in [2.05, 4.69) is 10.3 Å². The Hall–Kier alpha value is -1.62. The lowest BCUT2D eigenvalue weighted by Crippen LogP contribution is -2.35. The summed E-state index contributed by atoms with van der Waals surface area (Å²) >= 11 is 5.72. The Balaban J connectivity index is 2.74. The first kappa shape index (κ1) is 14.4. The molecule has 1 atom stereocenters. The standard InChI is InChI=1S/C12H15ClN2O3/c1-12(2,3)18-11(17)15-9(7-16)8-5-4-6-10(13)14-8/h4-7,9H,1-3H3,(H,15,17). The SMILES string of the molecule is CC(C)(C)OC(=O)NC(C=O)c1cccc(Cl)n1. The smallest absolute Gasteiger partial charge is 0.408 e. The molecule has 0 spiro atoms. The van der Waals surface area contributed by atoms with Crippen molar-refractivity contribution >= 4 is 24.0 Å². The van der Waals surface area contributed by atoms with Crippen molar-refractivity contribution in [3.63, 3.8) is 0 Å². The number of carbonyl (C=O) groups is 2. The summed E-state index contributed by atoms with van der Waals surface area (Å²) in [6.45, 7) is 5.21. The maximum Gasteiger partial charge on any atom is 0.408 e. The minimum absolute atomic E-state index is 0.255. The lowest BCUT2D eigenvalue weighted by atomic mass is 10.2. The van der Waals surface area contributed by atoms with Crippen LogP contribution >= 0.6 is 11.6 Å². The molecule has 5 nitrogen and oxygen atoms in total. The van der Waals surface area contributed by atoms with Crippen LogP contribution in [0.1, 0.15) is 32.5 Å². The van der Waals surface area contributed by atoms with Gasteiger partial charge in [0.1, 0.15) is 23.1 Å². The van der Waals surface area contributed by atoms with E-state index in [1.54, 1.807) is 39.0 Å². The van der Waals surface area contributed by atoms with Gasteiger partial charge in [-0.25, -0.2) is 9.78 Å². The van der Waals surface area contributed by atoms with Crippen molar-refractivity contribution in [3.05, 3.63) is 29.0 Å². The summed E-state index contributed by atoms with van der Waals surface area (Å²) in [5.74, 6) is 0. The molecule has 0 radical (unpaired) electrons. The van der Waals surface area contributed by atoms with Crippen LogP contribution in [-0.2, 0) is 9.53 Å². The van der Waals surface area contributed by atoms with E-state index in [0.717, 1.165) is 0 Å². The van der Waals surface area contributed by atoms with Gasteiger partial charge < -0.3 is 14.8 Å². The number of ether oxygens (including phenoxy) is 1. The van der Waals surface area contributed by atoms with Crippen LogP contribution in [0.4, 0.5) is 4.79 Å². The maximum absolute atomic E-state index is 11.5. The fraction of sp³-hybridized carbons (Fsp3) is 0.417. The quantitative estimate of drug-likeness (QED) is 0.677. The van der Waals surface area contributed by atoms with Crippen LogP contribution in [0.5, 0.6) is 0 Å². The first-order chi connectivity index (χ1) is 8.31. The highest BCUT2D eigenvalue weighted by Crippen LogP contribution is 2.13. The Morgan fingerprint density at radius 3 is 2.67 bits per heavy atom. The number of alkyl carbamates (subject to hydrolysis) is 1. The second kappa shape index (κ2) is 5.82. The van der Waals surface area contributed by atoms with Crippen molar-refractivity contribution in [1.82, 2.24) is 10.3 Å². The highest BCUT2D eigenvalue weighted by atomic mass is 35.5. The lowest BCUT2D eigenvalue weighted by molar-refractivity contribution is -0.109. The maximum atomic E-state index is 11.5. The topological polar surface area (TPSA) is 68.3 Å². The lowest BCUT2D eigenvalue weighted by Gasteiger charge is -2.21. The van der Waals surface area contributed by atoms with Gasteiger partial charge in [-0.3, -0.25) is 0 Å². The predicted molar refractivity (Wildman–Crippen MR) is 67.4 cm³/mol. The van der Waals surface area contributed by atoms with Crippen molar-refractivity contribution in [2.75, 3.05) is 0 Å². The van der Waals surface area contributed by atoms with Gasteiger partial charge >= 0.3 is 6.09 Å². The average molecular weight is 271 g/mol. The molecular formula is C12H15ClN2O3. The fourth-order valence-corrected chi connectivity index (χ4v) is 1.38. The second-order valence-electron chi connectivity index (χ2n) is 4.65. The third kappa shape index (κ3) is 4.71. The second-order valence-corrected chi connectivity index (χ2v) is 5.03. The summed E-state index contributed by atoms with van der Waals surface area (Å²) in [5, 5.41) is 2.67. The van der Waals surface area contributed by atoms with E-state index in [1.807, 2.05) is 0 Å². The molecule has 0 saturated carbocycles. The van der Waals surface area contributed by atoms with Crippen molar-refractivity contribution in [2.24, 2.45) is 0 Å². The molecule has 6 heteroatoms. The van der Waals surface area contributed by atoms with Gasteiger partial charge in [0.25, 0.3) is 0 Å². The first-order valence-electron chi connectivity index (χ1n) is 5.39. The summed E-state index contributed by atoms with van der Waals surface area (Å²) < 4.78 is 5.05. The number of hydrogen-bond acceptors (Lipinski definition) is 4. The van der Waals surface area contributed by atoms with E-state index < -0.39 is 17.7 Å². The molecule has 1 rings (SSSR count). The van der Waals surface area contributed by atoms with Crippen LogP contribution in [0, 0.1) is 0 Å². The van der Waals surface area contributed by atoms with E-state index in [0.29, 0.717) is 12.0 Å². The van der Waals surface area contributed by atoms with E-state index in [1.165, 1.54) is 0 Å². The number of aromatic nitrogens is 1. The summed E-state index contributed by atoms with van der Waals surface area (Å²) in [6, 6.07) is 3.96. The zero-order chi connectivity index (χ0) is 13.8. The number of halogens is 1. The Morgan fingerprint density at radius 2 is 2.17 bits per heavy atom. The number of nitrogens with one attached hydrogen (secondary N) is 1. The van der Waals surface area contributed by atoms with Crippen LogP contribution in [-0.4, -0.2) is 23.0 Å². The third-order valence-corrected chi connectivity index (χ3v) is 2.07. The minimum Gasteiger partial charge on any atom is -0.444 e. The molecule has 0 bridgehead atoms. The molecule has 0 fully saturated rings. The minimum atomic E-state index is -0.876. The highest BCUT2D eigenvalue weighted by Gasteiger charge is 2.20. The van der Waals surface area contributed by atoms with Gasteiger partial charge in [-0.15, -0.1) is 0 Å². The van der Waals surface area contributed by atoms with Crippen LogP contribution in [0.15, 0.2) is 18.2 Å². The van der Waals surface area contributed by atoms with E-state index >= 15 is 0 Å². The Morgan fingerprint density at radius 1 is 1.50 bits per heavy atom. The molecule has 0 aliphatic rings. The van der Waals surface area contributed by atoms with Crippen LogP contribution in [0.25, 0.3) is 0 Å². The zero-order valence-electron chi connectivity index (χ0n) is 10.4.